The predicted octanol–water partition coefficient (Wildman–Crippen LogP) is 2.45. The molecule has 1 aliphatic carbocycles. The first kappa shape index (κ1) is 23.3. The largest absolute Gasteiger partial charge is 0.416 e. The average molecular weight is 443 g/mol. The number of alkyl halides is 3. The quantitative estimate of drug-likeness (QED) is 0.403. The summed E-state index contributed by atoms with van der Waals surface area (Å²) in [6.45, 7) is 4.23. The minimum absolute atomic E-state index is 0.0518. The second kappa shape index (κ2) is 10.3. The van der Waals surface area contributed by atoms with Crippen LogP contribution >= 0.6 is 0 Å². The van der Waals surface area contributed by atoms with Gasteiger partial charge in [0.15, 0.2) is 5.96 Å². The standard InChI is InChI=1S/C21H29F4N5O/c1-26-20(28-14-16-5-6-17(22)13-18(16)21(23,24)25)27-7-8-29-9-11-30(12-10-29)19(31)15-3-2-4-15/h5-6,13,15H,2-4,7-12,14H2,1H3,(H2,26,27,28). The number of nitrogens with one attached hydrogen (secondary N) is 2. The summed E-state index contributed by atoms with van der Waals surface area (Å²) < 4.78 is 52.6. The number of aliphatic imine (C=N–C) groups is 1. The molecule has 1 aliphatic heterocycles. The zero-order valence-corrected chi connectivity index (χ0v) is 17.6. The maximum absolute atomic E-state index is 13.2. The summed E-state index contributed by atoms with van der Waals surface area (Å²) in [7, 11) is 1.54. The number of rotatable bonds is 6. The third kappa shape index (κ3) is 6.32. The van der Waals surface area contributed by atoms with E-state index in [0.29, 0.717) is 18.6 Å². The normalized spacial score (nSPS) is 18.6. The second-order valence-corrected chi connectivity index (χ2v) is 7.95. The van der Waals surface area contributed by atoms with Crippen LogP contribution in [0.25, 0.3) is 0 Å². The van der Waals surface area contributed by atoms with Crippen LogP contribution in [0.2, 0.25) is 0 Å². The fourth-order valence-electron chi connectivity index (χ4n) is 3.80. The Kier molecular flexibility index (Phi) is 7.74. The number of hydrogen-bond donors (Lipinski definition) is 2. The second-order valence-electron chi connectivity index (χ2n) is 7.95. The van der Waals surface area contributed by atoms with Gasteiger partial charge >= 0.3 is 6.18 Å². The summed E-state index contributed by atoms with van der Waals surface area (Å²) in [5.74, 6) is -0.0430. The zero-order valence-electron chi connectivity index (χ0n) is 17.6. The van der Waals surface area contributed by atoms with Crippen molar-refractivity contribution in [2.75, 3.05) is 46.3 Å². The Balaban J connectivity index is 1.40. The smallest absolute Gasteiger partial charge is 0.355 e. The highest BCUT2D eigenvalue weighted by Crippen LogP contribution is 2.32. The molecule has 6 nitrogen and oxygen atoms in total. The number of amides is 1. The Labute approximate surface area is 179 Å². The number of piperazine rings is 1. The van der Waals surface area contributed by atoms with Crippen LogP contribution in [0.15, 0.2) is 23.2 Å². The molecule has 172 valence electrons. The Morgan fingerprint density at radius 3 is 2.45 bits per heavy atom. The lowest BCUT2D eigenvalue weighted by Crippen LogP contribution is -2.52. The topological polar surface area (TPSA) is 60.0 Å². The van der Waals surface area contributed by atoms with E-state index >= 15 is 0 Å². The summed E-state index contributed by atoms with van der Waals surface area (Å²) in [5.41, 5.74) is -1.05. The van der Waals surface area contributed by atoms with Crippen molar-refractivity contribution in [3.8, 4) is 0 Å². The molecule has 0 aromatic heterocycles. The number of benzene rings is 1. The van der Waals surface area contributed by atoms with Crippen molar-refractivity contribution < 1.29 is 22.4 Å². The van der Waals surface area contributed by atoms with Crippen molar-refractivity contribution in [1.29, 1.82) is 0 Å². The van der Waals surface area contributed by atoms with Crippen molar-refractivity contribution in [2.24, 2.45) is 10.9 Å². The van der Waals surface area contributed by atoms with E-state index in [1.54, 1.807) is 0 Å². The molecule has 0 radical (unpaired) electrons. The van der Waals surface area contributed by atoms with Gasteiger partial charge in [0.25, 0.3) is 0 Å². The Morgan fingerprint density at radius 2 is 1.87 bits per heavy atom. The Morgan fingerprint density at radius 1 is 1.16 bits per heavy atom. The molecular weight excluding hydrogens is 414 g/mol. The highest BCUT2D eigenvalue weighted by molar-refractivity contribution is 5.80. The van der Waals surface area contributed by atoms with Crippen LogP contribution in [0.4, 0.5) is 17.6 Å². The van der Waals surface area contributed by atoms with E-state index in [9.17, 15) is 22.4 Å². The summed E-state index contributed by atoms with van der Waals surface area (Å²) >= 11 is 0. The molecule has 2 N–H and O–H groups in total. The van der Waals surface area contributed by atoms with E-state index in [4.69, 9.17) is 0 Å². The lowest BCUT2D eigenvalue weighted by molar-refractivity contribution is -0.140. The first-order chi connectivity index (χ1) is 14.8. The molecule has 1 saturated heterocycles. The van der Waals surface area contributed by atoms with Crippen LogP contribution in [-0.4, -0.2) is 68.0 Å². The van der Waals surface area contributed by atoms with Crippen molar-refractivity contribution >= 4 is 11.9 Å². The highest BCUT2D eigenvalue weighted by Gasteiger charge is 2.34. The molecule has 10 heteroatoms. The number of carbonyl (C=O) groups excluding carboxylic acids is 1. The third-order valence-corrected chi connectivity index (χ3v) is 5.91. The van der Waals surface area contributed by atoms with Gasteiger partial charge in [0.05, 0.1) is 5.56 Å². The number of carbonyl (C=O) groups is 1. The summed E-state index contributed by atoms with van der Waals surface area (Å²) in [6.07, 6.45) is -1.46. The molecule has 0 bridgehead atoms. The van der Waals surface area contributed by atoms with Gasteiger partial charge in [0.2, 0.25) is 5.91 Å². The third-order valence-electron chi connectivity index (χ3n) is 5.91. The minimum atomic E-state index is -4.63. The molecular formula is C21H29F4N5O. The van der Waals surface area contributed by atoms with Crippen molar-refractivity contribution in [3.05, 3.63) is 35.1 Å². The molecule has 0 unspecified atom stereocenters. The van der Waals surface area contributed by atoms with Crippen LogP contribution in [-0.2, 0) is 17.5 Å². The van der Waals surface area contributed by atoms with Crippen LogP contribution in [0.3, 0.4) is 0 Å². The number of hydrogen-bond acceptors (Lipinski definition) is 3. The highest BCUT2D eigenvalue weighted by atomic mass is 19.4. The first-order valence-corrected chi connectivity index (χ1v) is 10.6. The summed E-state index contributed by atoms with van der Waals surface area (Å²) in [5, 5.41) is 5.94. The summed E-state index contributed by atoms with van der Waals surface area (Å²) in [4.78, 5) is 20.5. The Bertz CT molecular complexity index is 786. The number of guanidine groups is 1. The van der Waals surface area contributed by atoms with Gasteiger partial charge in [-0.2, -0.15) is 13.2 Å². The molecule has 2 aliphatic rings. The predicted molar refractivity (Wildman–Crippen MR) is 110 cm³/mol. The lowest BCUT2D eigenvalue weighted by Gasteiger charge is -2.38. The number of halogens is 4. The van der Waals surface area contributed by atoms with Gasteiger partial charge in [-0.1, -0.05) is 12.5 Å². The number of nitrogens with zero attached hydrogens (tertiary/aromatic N) is 3. The average Bonchev–Trinajstić information content (AvgIpc) is 2.69. The van der Waals surface area contributed by atoms with Gasteiger partial charge in [0.1, 0.15) is 5.82 Å². The zero-order chi connectivity index (χ0) is 22.4. The van der Waals surface area contributed by atoms with Crippen LogP contribution in [0.5, 0.6) is 0 Å². The first-order valence-electron chi connectivity index (χ1n) is 10.6. The van der Waals surface area contributed by atoms with Crippen molar-refractivity contribution in [2.45, 2.75) is 32.0 Å². The fraction of sp³-hybridized carbons (Fsp3) is 0.619. The molecule has 31 heavy (non-hydrogen) atoms. The van der Waals surface area contributed by atoms with Gasteiger partial charge < -0.3 is 15.5 Å². The van der Waals surface area contributed by atoms with E-state index in [0.717, 1.165) is 64.1 Å². The molecule has 2 fully saturated rings. The van der Waals surface area contributed by atoms with E-state index in [1.807, 2.05) is 4.90 Å². The molecule has 1 saturated carbocycles. The van der Waals surface area contributed by atoms with Gasteiger partial charge in [-0.15, -0.1) is 0 Å². The van der Waals surface area contributed by atoms with E-state index in [1.165, 1.54) is 7.05 Å². The molecule has 0 spiro atoms. The van der Waals surface area contributed by atoms with Crippen molar-refractivity contribution in [3.63, 3.8) is 0 Å². The summed E-state index contributed by atoms with van der Waals surface area (Å²) in [6, 6.07) is 2.64. The van der Waals surface area contributed by atoms with Gasteiger partial charge in [-0.25, -0.2) is 4.39 Å². The maximum Gasteiger partial charge on any atom is 0.416 e. The van der Waals surface area contributed by atoms with E-state index in [-0.39, 0.29) is 23.9 Å². The van der Waals surface area contributed by atoms with Gasteiger partial charge in [-0.05, 0) is 30.5 Å². The molecule has 1 aromatic rings. The molecule has 1 heterocycles. The van der Waals surface area contributed by atoms with Crippen LogP contribution < -0.4 is 10.6 Å². The van der Waals surface area contributed by atoms with Gasteiger partial charge in [-0.3, -0.25) is 14.7 Å². The minimum Gasteiger partial charge on any atom is -0.355 e. The van der Waals surface area contributed by atoms with Crippen LogP contribution in [0, 0.1) is 11.7 Å². The molecule has 0 atom stereocenters. The lowest BCUT2D eigenvalue weighted by atomic mass is 9.84. The maximum atomic E-state index is 13.2. The van der Waals surface area contributed by atoms with Gasteiger partial charge in [0, 0.05) is 58.8 Å². The van der Waals surface area contributed by atoms with E-state index in [2.05, 4.69) is 20.5 Å². The molecule has 1 amide bonds. The van der Waals surface area contributed by atoms with E-state index < -0.39 is 17.6 Å². The molecule has 1 aromatic carbocycles. The fourth-order valence-corrected chi connectivity index (χ4v) is 3.80. The Hall–Kier alpha value is -2.36. The molecule has 3 rings (SSSR count). The van der Waals surface area contributed by atoms with Crippen LogP contribution in [0.1, 0.15) is 30.4 Å². The SMILES string of the molecule is CN=C(NCCN1CCN(C(=O)C2CCC2)CC1)NCc1ccc(F)cc1C(F)(F)F. The monoisotopic (exact) mass is 443 g/mol. The van der Waals surface area contributed by atoms with Crippen molar-refractivity contribution in [1.82, 2.24) is 20.4 Å².